The molecule has 26 heavy (non-hydrogen) atoms. The van der Waals surface area contributed by atoms with Gasteiger partial charge in [-0.3, -0.25) is 4.79 Å². The number of β-lactam (4-membered cyclic amide) rings is 1. The van der Waals surface area contributed by atoms with E-state index in [-0.39, 0.29) is 12.3 Å². The monoisotopic (exact) mass is 359 g/mol. The van der Waals surface area contributed by atoms with Gasteiger partial charge in [0, 0.05) is 0 Å². The fraction of sp³-hybridized carbons (Fsp3) is 0.381. The van der Waals surface area contributed by atoms with E-state index < -0.39 is 24.4 Å². The molecule has 1 fully saturated rings. The van der Waals surface area contributed by atoms with Gasteiger partial charge in [-0.15, -0.1) is 0 Å². The minimum Gasteiger partial charge on any atom is -0.489 e. The van der Waals surface area contributed by atoms with Crippen molar-refractivity contribution >= 4 is 5.91 Å². The first-order valence-corrected chi connectivity index (χ1v) is 8.84. The topological polar surface area (TPSA) is 29.5 Å². The lowest BCUT2D eigenvalue weighted by molar-refractivity contribution is -0.169. The third-order valence-corrected chi connectivity index (χ3v) is 4.68. The summed E-state index contributed by atoms with van der Waals surface area (Å²) >= 11 is 0. The lowest BCUT2D eigenvalue weighted by Crippen LogP contribution is -2.57. The zero-order valence-corrected chi connectivity index (χ0v) is 14.9. The molecule has 2 aromatic rings. The van der Waals surface area contributed by atoms with E-state index in [2.05, 4.69) is 0 Å². The van der Waals surface area contributed by atoms with Crippen molar-refractivity contribution < 1.29 is 18.3 Å². The predicted molar refractivity (Wildman–Crippen MR) is 96.1 cm³/mol. The first-order valence-electron chi connectivity index (χ1n) is 8.84. The molecule has 138 valence electrons. The predicted octanol–water partition coefficient (Wildman–Crippen LogP) is 4.83. The van der Waals surface area contributed by atoms with Gasteiger partial charge in [-0.05, 0) is 43.5 Å². The molecule has 1 saturated heterocycles. The van der Waals surface area contributed by atoms with Gasteiger partial charge in [0.1, 0.15) is 12.4 Å². The van der Waals surface area contributed by atoms with Crippen molar-refractivity contribution in [1.82, 2.24) is 4.90 Å². The smallest absolute Gasteiger partial charge is 0.231 e. The second-order valence-electron chi connectivity index (χ2n) is 6.73. The highest BCUT2D eigenvalue weighted by Gasteiger charge is 2.50. The zero-order valence-electron chi connectivity index (χ0n) is 14.9. The van der Waals surface area contributed by atoms with Gasteiger partial charge < -0.3 is 9.64 Å². The molecule has 0 spiro atoms. The summed E-state index contributed by atoms with van der Waals surface area (Å²) in [5.41, 5.74) is 1.86. The van der Waals surface area contributed by atoms with Crippen molar-refractivity contribution in [3.05, 3.63) is 65.7 Å². The van der Waals surface area contributed by atoms with Crippen LogP contribution in [0.15, 0.2) is 54.6 Å². The summed E-state index contributed by atoms with van der Waals surface area (Å²) in [5.74, 6) is -0.137. The third-order valence-electron chi connectivity index (χ3n) is 4.68. The molecule has 0 saturated carbocycles. The summed E-state index contributed by atoms with van der Waals surface area (Å²) in [6.07, 6.45) is -2.39. The molecular formula is C21H23F2NO2. The van der Waals surface area contributed by atoms with Crippen molar-refractivity contribution in [2.24, 2.45) is 5.92 Å². The molecule has 1 aliphatic heterocycles. The summed E-state index contributed by atoms with van der Waals surface area (Å²) < 4.78 is 33.0. The molecule has 5 heteroatoms. The maximum Gasteiger partial charge on any atom is 0.231 e. The van der Waals surface area contributed by atoms with Crippen LogP contribution in [-0.4, -0.2) is 23.3 Å². The maximum atomic E-state index is 13.8. The van der Waals surface area contributed by atoms with Crippen molar-refractivity contribution in [2.75, 3.05) is 0 Å². The Morgan fingerprint density at radius 3 is 2.27 bits per heavy atom. The van der Waals surface area contributed by atoms with E-state index in [1.807, 2.05) is 42.5 Å². The van der Waals surface area contributed by atoms with Gasteiger partial charge in [-0.2, -0.15) is 0 Å². The normalized spacial score (nSPS) is 21.8. The molecule has 3 rings (SSSR count). The molecule has 0 radical (unpaired) electrons. The van der Waals surface area contributed by atoms with E-state index in [9.17, 15) is 13.6 Å². The molecule has 4 atom stereocenters. The third kappa shape index (κ3) is 3.87. The minimum atomic E-state index is -1.40. The lowest BCUT2D eigenvalue weighted by Gasteiger charge is -2.48. The number of rotatable bonds is 7. The Kier molecular flexibility index (Phi) is 5.55. The number of halogens is 2. The molecule has 1 amide bonds. The van der Waals surface area contributed by atoms with Gasteiger partial charge in [0.2, 0.25) is 5.91 Å². The zero-order chi connectivity index (χ0) is 18.7. The Morgan fingerprint density at radius 1 is 1.04 bits per heavy atom. The number of ether oxygens (including phenoxy) is 1. The number of likely N-dealkylation sites (tertiary alicyclic amines) is 1. The average molecular weight is 359 g/mol. The van der Waals surface area contributed by atoms with Crippen LogP contribution < -0.4 is 4.74 Å². The fourth-order valence-electron chi connectivity index (χ4n) is 3.45. The van der Waals surface area contributed by atoms with E-state index in [1.54, 1.807) is 12.1 Å². The van der Waals surface area contributed by atoms with E-state index in [0.29, 0.717) is 12.4 Å². The molecule has 0 aromatic heterocycles. The van der Waals surface area contributed by atoms with Gasteiger partial charge in [0.15, 0.2) is 6.30 Å². The van der Waals surface area contributed by atoms with Crippen LogP contribution in [0.1, 0.15) is 37.4 Å². The largest absolute Gasteiger partial charge is 0.489 e. The van der Waals surface area contributed by atoms with Gasteiger partial charge in [-0.25, -0.2) is 8.78 Å². The first kappa shape index (κ1) is 18.4. The van der Waals surface area contributed by atoms with E-state index >= 15 is 0 Å². The van der Waals surface area contributed by atoms with Crippen LogP contribution in [0.2, 0.25) is 0 Å². The number of carbonyl (C=O) groups excluding carboxylic acids is 1. The number of amides is 1. The Labute approximate surface area is 152 Å². The summed E-state index contributed by atoms with van der Waals surface area (Å²) in [4.78, 5) is 13.3. The SMILES string of the molecule is CC(F)C[C@H]1C(=O)N(C(C)F)[C@@H]1c1ccc(OCc2ccccc2)cc1. The molecule has 2 unspecified atom stereocenters. The number of alkyl halides is 2. The van der Waals surface area contributed by atoms with Gasteiger partial charge in [0.05, 0.1) is 18.1 Å². The lowest BCUT2D eigenvalue weighted by atomic mass is 9.79. The fourth-order valence-corrected chi connectivity index (χ4v) is 3.45. The number of nitrogens with zero attached hydrogens (tertiary/aromatic N) is 1. The van der Waals surface area contributed by atoms with Crippen LogP contribution in [0.25, 0.3) is 0 Å². The molecule has 0 N–H and O–H groups in total. The Bertz CT molecular complexity index is 731. The highest BCUT2D eigenvalue weighted by molar-refractivity contribution is 5.86. The van der Waals surface area contributed by atoms with Crippen LogP contribution in [0, 0.1) is 5.92 Å². The Morgan fingerprint density at radius 2 is 1.69 bits per heavy atom. The maximum absolute atomic E-state index is 13.8. The molecule has 3 nitrogen and oxygen atoms in total. The first-order chi connectivity index (χ1) is 12.5. The van der Waals surface area contributed by atoms with Crippen molar-refractivity contribution in [2.45, 2.75) is 45.4 Å². The summed E-state index contributed by atoms with van der Waals surface area (Å²) in [6.45, 7) is 3.21. The van der Waals surface area contributed by atoms with Gasteiger partial charge in [0.25, 0.3) is 0 Å². The molecule has 0 aliphatic carbocycles. The standard InChI is InChI=1S/C21H23F2NO2/c1-14(22)12-19-20(24(15(2)23)21(19)25)17-8-10-18(11-9-17)26-13-16-6-4-3-5-7-16/h3-11,14-15,19-20H,12-13H2,1-2H3/t14?,15?,19-,20-/m1/s1. The Hall–Kier alpha value is -2.43. The van der Waals surface area contributed by atoms with Crippen molar-refractivity contribution in [3.63, 3.8) is 0 Å². The number of benzene rings is 2. The summed E-state index contributed by atoms with van der Waals surface area (Å²) in [7, 11) is 0. The van der Waals surface area contributed by atoms with Crippen LogP contribution in [-0.2, 0) is 11.4 Å². The molecular weight excluding hydrogens is 336 g/mol. The molecule has 1 heterocycles. The highest BCUT2D eigenvalue weighted by Crippen LogP contribution is 2.44. The molecule has 2 aromatic carbocycles. The molecule has 0 bridgehead atoms. The summed E-state index contributed by atoms with van der Waals surface area (Å²) in [6, 6.07) is 16.6. The van der Waals surface area contributed by atoms with Gasteiger partial charge >= 0.3 is 0 Å². The number of carbonyl (C=O) groups is 1. The van der Waals surface area contributed by atoms with E-state index in [0.717, 1.165) is 11.1 Å². The number of hydrogen-bond acceptors (Lipinski definition) is 2. The van der Waals surface area contributed by atoms with Crippen molar-refractivity contribution in [3.8, 4) is 5.75 Å². The second kappa shape index (κ2) is 7.85. The van der Waals surface area contributed by atoms with E-state index in [4.69, 9.17) is 4.74 Å². The van der Waals surface area contributed by atoms with Crippen LogP contribution in [0.3, 0.4) is 0 Å². The minimum absolute atomic E-state index is 0.110. The highest BCUT2D eigenvalue weighted by atomic mass is 19.1. The Balaban J connectivity index is 1.70. The number of hydrogen-bond donors (Lipinski definition) is 0. The van der Waals surface area contributed by atoms with Crippen molar-refractivity contribution in [1.29, 1.82) is 0 Å². The quantitative estimate of drug-likeness (QED) is 0.523. The summed E-state index contributed by atoms with van der Waals surface area (Å²) in [5, 5.41) is 0. The van der Waals surface area contributed by atoms with Crippen LogP contribution in [0.5, 0.6) is 5.75 Å². The van der Waals surface area contributed by atoms with Gasteiger partial charge in [-0.1, -0.05) is 42.5 Å². The van der Waals surface area contributed by atoms with Crippen LogP contribution in [0.4, 0.5) is 8.78 Å². The molecule has 1 aliphatic rings. The second-order valence-corrected chi connectivity index (χ2v) is 6.73. The van der Waals surface area contributed by atoms with Crippen LogP contribution >= 0.6 is 0 Å². The van der Waals surface area contributed by atoms with E-state index in [1.165, 1.54) is 18.7 Å². The average Bonchev–Trinajstić information content (AvgIpc) is 2.63.